The number of benzene rings is 1. The van der Waals surface area contributed by atoms with Crippen molar-refractivity contribution >= 4 is 5.91 Å². The molecule has 0 aromatic heterocycles. The van der Waals surface area contributed by atoms with E-state index in [0.717, 1.165) is 5.56 Å². The molecule has 112 valence electrons. The monoisotopic (exact) mass is 280 g/mol. The first-order valence-electron chi connectivity index (χ1n) is 6.72. The number of methoxy groups -OCH3 is 2. The van der Waals surface area contributed by atoms with Gasteiger partial charge in [0.1, 0.15) is 0 Å². The van der Waals surface area contributed by atoms with Crippen LogP contribution in [0.1, 0.15) is 19.4 Å². The maximum atomic E-state index is 12.0. The van der Waals surface area contributed by atoms with Gasteiger partial charge in [-0.05, 0) is 37.1 Å². The van der Waals surface area contributed by atoms with Crippen molar-refractivity contribution < 1.29 is 14.3 Å². The van der Waals surface area contributed by atoms with Gasteiger partial charge in [0.05, 0.1) is 20.6 Å². The van der Waals surface area contributed by atoms with Crippen LogP contribution in [0, 0.1) is 5.92 Å². The minimum atomic E-state index is -0.0231. The van der Waals surface area contributed by atoms with E-state index in [4.69, 9.17) is 15.2 Å². The van der Waals surface area contributed by atoms with Gasteiger partial charge >= 0.3 is 0 Å². The zero-order valence-corrected chi connectivity index (χ0v) is 12.6. The molecule has 0 aliphatic rings. The Morgan fingerprint density at radius 3 is 2.45 bits per heavy atom. The van der Waals surface area contributed by atoms with Crippen LogP contribution in [0.2, 0.25) is 0 Å². The molecule has 0 fully saturated rings. The Morgan fingerprint density at radius 2 is 1.90 bits per heavy atom. The maximum Gasteiger partial charge on any atom is 0.224 e. The number of amides is 1. The first-order valence-corrected chi connectivity index (χ1v) is 6.72. The molecule has 0 saturated carbocycles. The van der Waals surface area contributed by atoms with Gasteiger partial charge in [0.25, 0.3) is 0 Å². The second-order valence-corrected chi connectivity index (χ2v) is 4.94. The fourth-order valence-corrected chi connectivity index (χ4v) is 1.83. The molecule has 0 radical (unpaired) electrons. The predicted molar refractivity (Wildman–Crippen MR) is 79.1 cm³/mol. The van der Waals surface area contributed by atoms with Crippen molar-refractivity contribution in [3.8, 4) is 11.5 Å². The lowest BCUT2D eigenvalue weighted by Gasteiger charge is -2.19. The lowest BCUT2D eigenvalue weighted by molar-refractivity contribution is -0.121. The molecule has 0 heterocycles. The fraction of sp³-hybridized carbons (Fsp3) is 0.533. The van der Waals surface area contributed by atoms with Gasteiger partial charge in [0.2, 0.25) is 5.91 Å². The van der Waals surface area contributed by atoms with Gasteiger partial charge in [-0.2, -0.15) is 0 Å². The van der Waals surface area contributed by atoms with E-state index in [1.54, 1.807) is 20.3 Å². The average molecular weight is 280 g/mol. The SMILES string of the molecule is COc1ccc(CC(=O)NC(C)C(C)CN)cc1OC. The van der Waals surface area contributed by atoms with E-state index in [-0.39, 0.29) is 17.9 Å². The lowest BCUT2D eigenvalue weighted by Crippen LogP contribution is -2.40. The first kappa shape index (κ1) is 16.3. The molecule has 0 aliphatic carbocycles. The van der Waals surface area contributed by atoms with E-state index < -0.39 is 0 Å². The molecule has 0 saturated heterocycles. The number of carbonyl (C=O) groups excluding carboxylic acids is 1. The fourth-order valence-electron chi connectivity index (χ4n) is 1.83. The Balaban J connectivity index is 2.66. The second-order valence-electron chi connectivity index (χ2n) is 4.94. The highest BCUT2D eigenvalue weighted by molar-refractivity contribution is 5.79. The first-order chi connectivity index (χ1) is 9.51. The molecule has 1 aromatic carbocycles. The van der Waals surface area contributed by atoms with Gasteiger partial charge < -0.3 is 20.5 Å². The van der Waals surface area contributed by atoms with Crippen molar-refractivity contribution in [1.82, 2.24) is 5.32 Å². The number of nitrogens with two attached hydrogens (primary N) is 1. The summed E-state index contributed by atoms with van der Waals surface area (Å²) in [6.45, 7) is 4.53. The van der Waals surface area contributed by atoms with E-state index in [1.165, 1.54) is 0 Å². The second kappa shape index (κ2) is 7.75. The molecule has 20 heavy (non-hydrogen) atoms. The van der Waals surface area contributed by atoms with Gasteiger partial charge in [0.15, 0.2) is 11.5 Å². The highest BCUT2D eigenvalue weighted by Gasteiger charge is 2.14. The van der Waals surface area contributed by atoms with Crippen LogP contribution in [0.4, 0.5) is 0 Å². The summed E-state index contributed by atoms with van der Waals surface area (Å²) < 4.78 is 10.4. The Labute approximate surface area is 120 Å². The largest absolute Gasteiger partial charge is 0.493 e. The van der Waals surface area contributed by atoms with Crippen LogP contribution in [-0.2, 0) is 11.2 Å². The highest BCUT2D eigenvalue weighted by atomic mass is 16.5. The molecule has 0 spiro atoms. The van der Waals surface area contributed by atoms with Crippen LogP contribution in [0.15, 0.2) is 18.2 Å². The van der Waals surface area contributed by atoms with Gasteiger partial charge in [-0.25, -0.2) is 0 Å². The predicted octanol–water partition coefficient (Wildman–Crippen LogP) is 1.35. The van der Waals surface area contributed by atoms with Gasteiger partial charge in [-0.15, -0.1) is 0 Å². The maximum absolute atomic E-state index is 12.0. The van der Waals surface area contributed by atoms with E-state index in [1.807, 2.05) is 26.0 Å². The Hall–Kier alpha value is -1.75. The zero-order valence-electron chi connectivity index (χ0n) is 12.6. The minimum absolute atomic E-state index is 0.0231. The van der Waals surface area contributed by atoms with Gasteiger partial charge in [-0.3, -0.25) is 4.79 Å². The van der Waals surface area contributed by atoms with Crippen molar-refractivity contribution in [2.75, 3.05) is 20.8 Å². The summed E-state index contributed by atoms with van der Waals surface area (Å²) in [7, 11) is 3.16. The zero-order chi connectivity index (χ0) is 15.1. The number of carbonyl (C=O) groups is 1. The van der Waals surface area contributed by atoms with E-state index in [9.17, 15) is 4.79 Å². The van der Waals surface area contributed by atoms with Crippen molar-refractivity contribution in [2.45, 2.75) is 26.3 Å². The van der Waals surface area contributed by atoms with Crippen molar-refractivity contribution in [2.24, 2.45) is 11.7 Å². The summed E-state index contributed by atoms with van der Waals surface area (Å²) in [5.41, 5.74) is 6.47. The third kappa shape index (κ3) is 4.42. The van der Waals surface area contributed by atoms with Crippen LogP contribution in [0.3, 0.4) is 0 Å². The quantitative estimate of drug-likeness (QED) is 0.790. The van der Waals surface area contributed by atoms with Crippen LogP contribution in [0.25, 0.3) is 0 Å². The van der Waals surface area contributed by atoms with Crippen molar-refractivity contribution in [1.29, 1.82) is 0 Å². The summed E-state index contributed by atoms with van der Waals surface area (Å²) in [5, 5.41) is 2.95. The standard InChI is InChI=1S/C15H24N2O3/c1-10(9-16)11(2)17-15(18)8-12-5-6-13(19-3)14(7-12)20-4/h5-7,10-11H,8-9,16H2,1-4H3,(H,17,18). The molecular weight excluding hydrogens is 256 g/mol. The molecule has 1 amide bonds. The number of nitrogens with one attached hydrogen (secondary N) is 1. The highest BCUT2D eigenvalue weighted by Crippen LogP contribution is 2.27. The molecule has 2 unspecified atom stereocenters. The summed E-state index contributed by atoms with van der Waals surface area (Å²) in [6, 6.07) is 5.54. The number of hydrogen-bond acceptors (Lipinski definition) is 4. The van der Waals surface area contributed by atoms with Gasteiger partial charge in [-0.1, -0.05) is 13.0 Å². The summed E-state index contributed by atoms with van der Waals surface area (Å²) in [5.74, 6) is 1.51. The van der Waals surface area contributed by atoms with Crippen LogP contribution in [0.5, 0.6) is 11.5 Å². The van der Waals surface area contributed by atoms with Crippen molar-refractivity contribution in [3.05, 3.63) is 23.8 Å². The van der Waals surface area contributed by atoms with Crippen LogP contribution >= 0.6 is 0 Å². The minimum Gasteiger partial charge on any atom is -0.493 e. The Bertz CT molecular complexity index is 449. The number of rotatable bonds is 7. The van der Waals surface area contributed by atoms with Crippen molar-refractivity contribution in [3.63, 3.8) is 0 Å². The van der Waals surface area contributed by atoms with E-state index in [0.29, 0.717) is 24.5 Å². The normalized spacial score (nSPS) is 13.4. The van der Waals surface area contributed by atoms with E-state index in [2.05, 4.69) is 5.32 Å². The Kier molecular flexibility index (Phi) is 6.31. The average Bonchev–Trinajstić information content (AvgIpc) is 2.45. The third-order valence-electron chi connectivity index (χ3n) is 3.43. The van der Waals surface area contributed by atoms with Crippen LogP contribution in [-0.4, -0.2) is 32.7 Å². The number of ether oxygens (including phenoxy) is 2. The Morgan fingerprint density at radius 1 is 1.25 bits per heavy atom. The molecule has 2 atom stereocenters. The molecule has 5 heteroatoms. The third-order valence-corrected chi connectivity index (χ3v) is 3.43. The molecule has 5 nitrogen and oxygen atoms in total. The smallest absolute Gasteiger partial charge is 0.224 e. The summed E-state index contributed by atoms with van der Waals surface area (Å²) in [6.07, 6.45) is 0.308. The summed E-state index contributed by atoms with van der Waals surface area (Å²) >= 11 is 0. The van der Waals surface area contributed by atoms with Crippen LogP contribution < -0.4 is 20.5 Å². The van der Waals surface area contributed by atoms with Gasteiger partial charge in [0, 0.05) is 6.04 Å². The van der Waals surface area contributed by atoms with E-state index >= 15 is 0 Å². The molecule has 3 N–H and O–H groups in total. The lowest BCUT2D eigenvalue weighted by atomic mass is 10.0. The molecule has 0 bridgehead atoms. The molecular formula is C15H24N2O3. The number of hydrogen-bond donors (Lipinski definition) is 2. The molecule has 0 aliphatic heterocycles. The topological polar surface area (TPSA) is 73.6 Å². The summed E-state index contributed by atoms with van der Waals surface area (Å²) in [4.78, 5) is 12.0. The molecule has 1 aromatic rings. The molecule has 1 rings (SSSR count).